The summed E-state index contributed by atoms with van der Waals surface area (Å²) in [5.74, 6) is 0. The lowest BCUT2D eigenvalue weighted by Gasteiger charge is -2.32. The minimum atomic E-state index is -3.18. The normalized spacial score (nSPS) is 36.5. The summed E-state index contributed by atoms with van der Waals surface area (Å²) >= 11 is 0. The van der Waals surface area contributed by atoms with Crippen LogP contribution in [0.1, 0.15) is 32.1 Å². The van der Waals surface area contributed by atoms with Crippen molar-refractivity contribution in [2.75, 3.05) is 26.3 Å². The van der Waals surface area contributed by atoms with Crippen molar-refractivity contribution >= 4 is 22.4 Å². The Morgan fingerprint density at radius 2 is 1.89 bits per heavy atom. The van der Waals surface area contributed by atoms with Crippen molar-refractivity contribution in [2.45, 2.75) is 49.4 Å². The summed E-state index contributed by atoms with van der Waals surface area (Å²) in [5, 5.41) is 3.03. The quantitative estimate of drug-likeness (QED) is 0.817. The molecule has 3 aliphatic heterocycles. The van der Waals surface area contributed by atoms with E-state index in [1.807, 2.05) is 4.31 Å². The first kappa shape index (κ1) is 15.5. The molecule has 0 spiro atoms. The molecule has 0 aromatic heterocycles. The fourth-order valence-electron chi connectivity index (χ4n) is 3.47. The van der Waals surface area contributed by atoms with Gasteiger partial charge in [-0.2, -0.15) is 4.31 Å². The molecule has 5 nitrogen and oxygen atoms in total. The summed E-state index contributed by atoms with van der Waals surface area (Å²) in [6.45, 7) is 2.84. The fraction of sp³-hybridized carbons (Fsp3) is 1.00. The van der Waals surface area contributed by atoms with Gasteiger partial charge in [-0.05, 0) is 38.6 Å². The third kappa shape index (κ3) is 2.93. The van der Waals surface area contributed by atoms with E-state index in [0.29, 0.717) is 13.2 Å². The Labute approximate surface area is 121 Å². The van der Waals surface area contributed by atoms with Gasteiger partial charge in [0, 0.05) is 25.2 Å². The number of ether oxygens (including phenoxy) is 1. The highest BCUT2D eigenvalue weighted by Gasteiger charge is 2.45. The summed E-state index contributed by atoms with van der Waals surface area (Å²) < 4.78 is 32.7. The van der Waals surface area contributed by atoms with Crippen LogP contribution in [0.4, 0.5) is 0 Å². The topological polar surface area (TPSA) is 58.6 Å². The maximum atomic E-state index is 12.8. The van der Waals surface area contributed by atoms with Crippen LogP contribution in [-0.4, -0.2) is 56.4 Å². The number of fused-ring (bicyclic) bond motifs is 2. The Hall–Kier alpha value is 0.120. The third-order valence-electron chi connectivity index (χ3n) is 4.42. The summed E-state index contributed by atoms with van der Waals surface area (Å²) in [4.78, 5) is 0. The predicted molar refractivity (Wildman–Crippen MR) is 76.1 cm³/mol. The van der Waals surface area contributed by atoms with E-state index >= 15 is 0 Å². The Balaban J connectivity index is 0.00000133. The van der Waals surface area contributed by atoms with Crippen LogP contribution in [0.2, 0.25) is 0 Å². The first-order valence-corrected chi connectivity index (χ1v) is 8.51. The molecule has 3 atom stereocenters. The van der Waals surface area contributed by atoms with Gasteiger partial charge in [0.05, 0.1) is 11.9 Å². The lowest BCUT2D eigenvalue weighted by Crippen LogP contribution is -2.49. The second kappa shape index (κ2) is 6.26. The molecule has 3 aliphatic rings. The lowest BCUT2D eigenvalue weighted by atomic mass is 10.1. The first-order valence-electron chi connectivity index (χ1n) is 7.00. The molecule has 0 aliphatic carbocycles. The van der Waals surface area contributed by atoms with Crippen molar-refractivity contribution in [2.24, 2.45) is 0 Å². The molecule has 3 rings (SSSR count). The van der Waals surface area contributed by atoms with E-state index < -0.39 is 10.0 Å². The molecule has 0 radical (unpaired) electrons. The highest BCUT2D eigenvalue weighted by Crippen LogP contribution is 2.33. The Morgan fingerprint density at radius 1 is 1.11 bits per heavy atom. The van der Waals surface area contributed by atoms with E-state index in [9.17, 15) is 8.42 Å². The molecule has 3 saturated heterocycles. The maximum Gasteiger partial charge on any atom is 0.219 e. The van der Waals surface area contributed by atoms with E-state index in [0.717, 1.165) is 45.2 Å². The summed E-state index contributed by atoms with van der Waals surface area (Å²) in [6.07, 6.45) is 4.60. The number of hydrogen-bond donors (Lipinski definition) is 1. The molecule has 0 amide bonds. The largest absolute Gasteiger partial charge is 0.380 e. The van der Waals surface area contributed by atoms with Crippen LogP contribution in [-0.2, 0) is 14.8 Å². The molecule has 3 unspecified atom stereocenters. The smallest absolute Gasteiger partial charge is 0.219 e. The molecule has 7 heteroatoms. The zero-order valence-electron chi connectivity index (χ0n) is 11.1. The van der Waals surface area contributed by atoms with Crippen molar-refractivity contribution in [3.05, 3.63) is 0 Å². The van der Waals surface area contributed by atoms with Gasteiger partial charge in [-0.15, -0.1) is 12.4 Å². The lowest BCUT2D eigenvalue weighted by molar-refractivity contribution is 0.0968. The van der Waals surface area contributed by atoms with Gasteiger partial charge in [-0.1, -0.05) is 0 Å². The number of nitrogens with zero attached hydrogens (tertiary/aromatic N) is 1. The van der Waals surface area contributed by atoms with Crippen LogP contribution in [0.5, 0.6) is 0 Å². The number of hydrogen-bond acceptors (Lipinski definition) is 4. The van der Waals surface area contributed by atoms with Crippen molar-refractivity contribution in [3.63, 3.8) is 0 Å². The molecule has 1 N–H and O–H groups in total. The van der Waals surface area contributed by atoms with Crippen molar-refractivity contribution < 1.29 is 13.2 Å². The van der Waals surface area contributed by atoms with E-state index in [2.05, 4.69) is 5.32 Å². The molecule has 112 valence electrons. The van der Waals surface area contributed by atoms with Gasteiger partial charge in [-0.3, -0.25) is 0 Å². The molecule has 0 aromatic rings. The van der Waals surface area contributed by atoms with Crippen LogP contribution in [0.3, 0.4) is 0 Å². The van der Waals surface area contributed by atoms with Gasteiger partial charge < -0.3 is 10.1 Å². The molecule has 0 saturated carbocycles. The SMILES string of the molecule is Cl.O=S(=O)(C1CCCOC1)N1C2CCNCC1CC2. The number of sulfonamides is 1. The third-order valence-corrected chi connectivity index (χ3v) is 6.82. The zero-order chi connectivity index (χ0) is 12.6. The van der Waals surface area contributed by atoms with Gasteiger partial charge in [0.2, 0.25) is 10.0 Å². The van der Waals surface area contributed by atoms with Gasteiger partial charge in [0.15, 0.2) is 0 Å². The summed E-state index contributed by atoms with van der Waals surface area (Å²) in [5.41, 5.74) is 0. The van der Waals surface area contributed by atoms with Crippen LogP contribution < -0.4 is 5.32 Å². The second-order valence-electron chi connectivity index (χ2n) is 5.59. The monoisotopic (exact) mass is 310 g/mol. The van der Waals surface area contributed by atoms with E-state index in [1.54, 1.807) is 0 Å². The molecule has 3 heterocycles. The van der Waals surface area contributed by atoms with Gasteiger partial charge in [-0.25, -0.2) is 8.42 Å². The minimum absolute atomic E-state index is 0. The molecular formula is C12H23ClN2O3S. The average Bonchev–Trinajstić information content (AvgIpc) is 2.64. The standard InChI is InChI=1S/C12H22N2O3S.ClH/c15-18(16,12-2-1-7-17-9-12)14-10-3-4-11(14)8-13-6-5-10;/h10-13H,1-9H2;1H. The van der Waals surface area contributed by atoms with E-state index in [1.165, 1.54) is 0 Å². The molecule has 0 aromatic carbocycles. The average molecular weight is 311 g/mol. The predicted octanol–water partition coefficient (Wildman–Crippen LogP) is 0.743. The van der Waals surface area contributed by atoms with Crippen LogP contribution in [0, 0.1) is 0 Å². The highest BCUT2D eigenvalue weighted by atomic mass is 35.5. The van der Waals surface area contributed by atoms with E-state index in [4.69, 9.17) is 4.74 Å². The van der Waals surface area contributed by atoms with Crippen LogP contribution in [0.15, 0.2) is 0 Å². The maximum absolute atomic E-state index is 12.8. The first-order chi connectivity index (χ1) is 8.69. The molecule has 19 heavy (non-hydrogen) atoms. The van der Waals surface area contributed by atoms with E-state index in [-0.39, 0.29) is 29.7 Å². The van der Waals surface area contributed by atoms with Crippen LogP contribution in [0.25, 0.3) is 0 Å². The number of rotatable bonds is 2. The number of nitrogens with one attached hydrogen (secondary N) is 1. The summed E-state index contributed by atoms with van der Waals surface area (Å²) in [7, 11) is -3.18. The molecule has 2 bridgehead atoms. The zero-order valence-corrected chi connectivity index (χ0v) is 12.7. The highest BCUT2D eigenvalue weighted by molar-refractivity contribution is 7.89. The Bertz CT molecular complexity index is 384. The van der Waals surface area contributed by atoms with Crippen molar-refractivity contribution in [3.8, 4) is 0 Å². The second-order valence-corrected chi connectivity index (χ2v) is 7.71. The van der Waals surface area contributed by atoms with Gasteiger partial charge in [0.25, 0.3) is 0 Å². The van der Waals surface area contributed by atoms with Crippen molar-refractivity contribution in [1.82, 2.24) is 9.62 Å². The van der Waals surface area contributed by atoms with Gasteiger partial charge >= 0.3 is 0 Å². The molecular weight excluding hydrogens is 288 g/mol. The summed E-state index contributed by atoms with van der Waals surface area (Å²) in [6, 6.07) is 0.390. The fourth-order valence-corrected chi connectivity index (χ4v) is 5.77. The Morgan fingerprint density at radius 3 is 2.63 bits per heavy atom. The molecule has 3 fully saturated rings. The minimum Gasteiger partial charge on any atom is -0.380 e. The van der Waals surface area contributed by atoms with Crippen LogP contribution >= 0.6 is 12.4 Å². The number of halogens is 1. The Kier molecular flexibility index (Phi) is 5.11. The van der Waals surface area contributed by atoms with Gasteiger partial charge in [0.1, 0.15) is 0 Å². The van der Waals surface area contributed by atoms with Crippen molar-refractivity contribution in [1.29, 1.82) is 0 Å².